The molecule has 0 spiro atoms. The highest BCUT2D eigenvalue weighted by molar-refractivity contribution is 5.07. The maximum absolute atomic E-state index is 2.28. The zero-order chi connectivity index (χ0) is 9.90. The van der Waals surface area contributed by atoms with Crippen LogP contribution in [0.3, 0.4) is 0 Å². The Morgan fingerprint density at radius 3 is 2.07 bits per heavy atom. The molecule has 0 N–H and O–H groups in total. The van der Waals surface area contributed by atoms with Gasteiger partial charge in [-0.2, -0.15) is 0 Å². The van der Waals surface area contributed by atoms with Crippen molar-refractivity contribution in [3.8, 4) is 0 Å². The minimum Gasteiger partial charge on any atom is -0.0885 e. The standard InChI is InChI=1S/C14H19/c1-2-4-6-8-10-12-14-13-11-9-7-5-3-1/h1-4,7,9-12H,5-6,8,13-14H2/b3-1+,4-2-,9-7+,12-10+. The van der Waals surface area contributed by atoms with E-state index in [9.17, 15) is 0 Å². The van der Waals surface area contributed by atoms with Crippen molar-refractivity contribution in [3.63, 3.8) is 0 Å². The number of hydrogen-bond acceptors (Lipinski definition) is 0. The summed E-state index contributed by atoms with van der Waals surface area (Å²) >= 11 is 0. The van der Waals surface area contributed by atoms with Gasteiger partial charge in [0, 0.05) is 0 Å². The van der Waals surface area contributed by atoms with Crippen molar-refractivity contribution in [2.24, 2.45) is 0 Å². The lowest BCUT2D eigenvalue weighted by atomic mass is 10.2. The molecule has 0 atom stereocenters. The topological polar surface area (TPSA) is 0 Å². The summed E-state index contributed by atoms with van der Waals surface area (Å²) in [5, 5.41) is 0. The first-order valence-electron chi connectivity index (χ1n) is 5.45. The molecule has 0 amide bonds. The van der Waals surface area contributed by atoms with E-state index in [0.717, 1.165) is 19.3 Å². The van der Waals surface area contributed by atoms with E-state index in [1.165, 1.54) is 12.8 Å². The Morgan fingerprint density at radius 1 is 0.500 bits per heavy atom. The molecule has 0 nitrogen and oxygen atoms in total. The van der Waals surface area contributed by atoms with Crippen LogP contribution in [0.2, 0.25) is 0 Å². The Morgan fingerprint density at radius 2 is 1.14 bits per heavy atom. The lowest BCUT2D eigenvalue weighted by molar-refractivity contribution is 0.976. The van der Waals surface area contributed by atoms with E-state index in [2.05, 4.69) is 55.0 Å². The predicted molar refractivity (Wildman–Crippen MR) is 63.9 cm³/mol. The molecule has 0 heteroatoms. The first-order valence-corrected chi connectivity index (χ1v) is 5.45. The first-order chi connectivity index (χ1) is 7.00. The van der Waals surface area contributed by atoms with Crippen LogP contribution in [0.4, 0.5) is 0 Å². The maximum Gasteiger partial charge on any atom is -0.0166 e. The fraction of sp³-hybridized carbons (Fsp3) is 0.357. The average molecular weight is 187 g/mol. The summed E-state index contributed by atoms with van der Waals surface area (Å²) in [6.07, 6.45) is 25.5. The molecule has 14 heavy (non-hydrogen) atoms. The van der Waals surface area contributed by atoms with Crippen molar-refractivity contribution in [3.05, 3.63) is 55.0 Å². The van der Waals surface area contributed by atoms with Gasteiger partial charge < -0.3 is 0 Å². The van der Waals surface area contributed by atoms with Gasteiger partial charge in [0.15, 0.2) is 0 Å². The molecule has 0 aromatic heterocycles. The molecule has 75 valence electrons. The van der Waals surface area contributed by atoms with Crippen LogP contribution in [0.1, 0.15) is 32.1 Å². The van der Waals surface area contributed by atoms with E-state index in [1.807, 2.05) is 0 Å². The Bertz CT molecular complexity index is 228. The molecule has 0 fully saturated rings. The summed E-state index contributed by atoms with van der Waals surface area (Å²) in [6, 6.07) is 0. The van der Waals surface area contributed by atoms with Crippen molar-refractivity contribution in [2.45, 2.75) is 32.1 Å². The fourth-order valence-electron chi connectivity index (χ4n) is 1.30. The van der Waals surface area contributed by atoms with Gasteiger partial charge in [-0.15, -0.1) is 0 Å². The first kappa shape index (κ1) is 11.0. The van der Waals surface area contributed by atoms with Crippen LogP contribution in [0.15, 0.2) is 48.6 Å². The number of rotatable bonds is 0. The zero-order valence-corrected chi connectivity index (χ0v) is 8.73. The van der Waals surface area contributed by atoms with Crippen molar-refractivity contribution >= 4 is 0 Å². The number of hydrogen-bond donors (Lipinski definition) is 0. The van der Waals surface area contributed by atoms with Crippen LogP contribution in [0.5, 0.6) is 0 Å². The van der Waals surface area contributed by atoms with Crippen molar-refractivity contribution in [1.29, 1.82) is 0 Å². The summed E-state index contributed by atoms with van der Waals surface area (Å²) in [5.41, 5.74) is 0. The fourth-order valence-corrected chi connectivity index (χ4v) is 1.30. The highest BCUT2D eigenvalue weighted by Crippen LogP contribution is 2.01. The molecule has 1 aliphatic carbocycles. The van der Waals surface area contributed by atoms with Gasteiger partial charge in [0.2, 0.25) is 0 Å². The molecule has 0 saturated carbocycles. The van der Waals surface area contributed by atoms with Gasteiger partial charge in [-0.3, -0.25) is 0 Å². The lowest BCUT2D eigenvalue weighted by Crippen LogP contribution is -1.72. The Labute approximate surface area is 87.7 Å². The Hall–Kier alpha value is -1.04. The highest BCUT2D eigenvalue weighted by atomic mass is 13.9. The zero-order valence-electron chi connectivity index (χ0n) is 8.73. The predicted octanol–water partition coefficient (Wildman–Crippen LogP) is 4.38. The Balaban J connectivity index is 2.35. The van der Waals surface area contributed by atoms with E-state index in [4.69, 9.17) is 0 Å². The maximum atomic E-state index is 2.28. The van der Waals surface area contributed by atoms with Gasteiger partial charge in [0.25, 0.3) is 0 Å². The Kier molecular flexibility index (Phi) is 6.74. The molecule has 1 aliphatic rings. The second-order valence-corrected chi connectivity index (χ2v) is 3.38. The molecule has 0 aromatic carbocycles. The van der Waals surface area contributed by atoms with Crippen LogP contribution in [-0.4, -0.2) is 0 Å². The van der Waals surface area contributed by atoms with Crippen molar-refractivity contribution in [1.82, 2.24) is 0 Å². The van der Waals surface area contributed by atoms with E-state index in [1.54, 1.807) is 0 Å². The summed E-state index contributed by atoms with van der Waals surface area (Å²) in [5.74, 6) is 0. The summed E-state index contributed by atoms with van der Waals surface area (Å²) in [4.78, 5) is 0. The molecular formula is C14H19. The highest BCUT2D eigenvalue weighted by Gasteiger charge is 1.82. The summed E-state index contributed by atoms with van der Waals surface area (Å²) < 4.78 is 0. The summed E-state index contributed by atoms with van der Waals surface area (Å²) in [7, 11) is 0. The molecule has 1 radical (unpaired) electrons. The second-order valence-electron chi connectivity index (χ2n) is 3.38. The quantitative estimate of drug-likeness (QED) is 0.494. The number of allylic oxidation sites excluding steroid dienone is 8. The van der Waals surface area contributed by atoms with Crippen LogP contribution < -0.4 is 0 Å². The summed E-state index contributed by atoms with van der Waals surface area (Å²) in [6.45, 7) is 0. The second kappa shape index (κ2) is 8.55. The molecule has 0 unspecified atom stereocenters. The molecule has 0 aromatic rings. The third-order valence-electron chi connectivity index (χ3n) is 2.09. The molecule has 0 heterocycles. The minimum absolute atomic E-state index is 1.04. The van der Waals surface area contributed by atoms with Crippen LogP contribution in [0.25, 0.3) is 0 Å². The van der Waals surface area contributed by atoms with Gasteiger partial charge >= 0.3 is 0 Å². The van der Waals surface area contributed by atoms with E-state index >= 15 is 0 Å². The smallest absolute Gasteiger partial charge is 0.0166 e. The van der Waals surface area contributed by atoms with Gasteiger partial charge in [-0.25, -0.2) is 0 Å². The van der Waals surface area contributed by atoms with E-state index in [0.29, 0.717) is 0 Å². The minimum atomic E-state index is 1.04. The van der Waals surface area contributed by atoms with Crippen LogP contribution in [0, 0.1) is 6.42 Å². The van der Waals surface area contributed by atoms with Crippen molar-refractivity contribution < 1.29 is 0 Å². The largest absolute Gasteiger partial charge is 0.0885 e. The molecule has 0 saturated heterocycles. The van der Waals surface area contributed by atoms with E-state index in [-0.39, 0.29) is 0 Å². The van der Waals surface area contributed by atoms with Gasteiger partial charge in [-0.1, -0.05) is 48.6 Å². The molecular weight excluding hydrogens is 168 g/mol. The monoisotopic (exact) mass is 187 g/mol. The van der Waals surface area contributed by atoms with Gasteiger partial charge in [0.05, 0.1) is 0 Å². The SMILES string of the molecule is [CH]1/C=C/C/C=C/C=C\CC/C=C/CC1. The normalized spacial score (nSPS) is 28.6. The van der Waals surface area contributed by atoms with Crippen LogP contribution >= 0.6 is 0 Å². The van der Waals surface area contributed by atoms with Gasteiger partial charge in [0.1, 0.15) is 0 Å². The lowest BCUT2D eigenvalue weighted by Gasteiger charge is -1.91. The average Bonchev–Trinajstić information content (AvgIpc) is 2.22. The molecule has 0 aliphatic heterocycles. The van der Waals surface area contributed by atoms with Gasteiger partial charge in [-0.05, 0) is 38.5 Å². The third kappa shape index (κ3) is 6.47. The van der Waals surface area contributed by atoms with E-state index < -0.39 is 0 Å². The van der Waals surface area contributed by atoms with Crippen LogP contribution in [-0.2, 0) is 0 Å². The molecule has 1 rings (SSSR count). The molecule has 0 bridgehead atoms. The third-order valence-corrected chi connectivity index (χ3v) is 2.09. The van der Waals surface area contributed by atoms with Crippen molar-refractivity contribution in [2.75, 3.05) is 0 Å².